The maximum absolute atomic E-state index is 12.7. The average molecular weight is 481 g/mol. The van der Waals surface area contributed by atoms with E-state index in [9.17, 15) is 13.2 Å². The fraction of sp³-hybridized carbons (Fsp3) is 0.269. The third kappa shape index (κ3) is 6.69. The van der Waals surface area contributed by atoms with Crippen molar-refractivity contribution in [3.05, 3.63) is 96.1 Å². The molecule has 4 rings (SSSR count). The Labute approximate surface area is 200 Å². The second-order valence-corrected chi connectivity index (χ2v) is 11.2. The Bertz CT molecular complexity index is 1140. The van der Waals surface area contributed by atoms with Gasteiger partial charge in [0.2, 0.25) is 15.9 Å². The van der Waals surface area contributed by atoms with Gasteiger partial charge in [-0.3, -0.25) is 4.79 Å². The number of benzene rings is 3. The van der Waals surface area contributed by atoms with Gasteiger partial charge in [0.05, 0.1) is 5.75 Å². The third-order valence-corrected chi connectivity index (χ3v) is 8.71. The third-order valence-electron chi connectivity index (χ3n) is 5.78. The predicted octanol–water partition coefficient (Wildman–Crippen LogP) is 5.16. The van der Waals surface area contributed by atoms with Gasteiger partial charge in [-0.25, -0.2) is 12.7 Å². The quantitative estimate of drug-likeness (QED) is 0.452. The van der Waals surface area contributed by atoms with E-state index in [1.165, 1.54) is 14.8 Å². The van der Waals surface area contributed by atoms with Crippen LogP contribution < -0.4 is 5.32 Å². The van der Waals surface area contributed by atoms with Crippen LogP contribution in [0.3, 0.4) is 0 Å². The van der Waals surface area contributed by atoms with E-state index in [2.05, 4.69) is 17.4 Å². The van der Waals surface area contributed by atoms with E-state index < -0.39 is 10.0 Å². The van der Waals surface area contributed by atoms with Crippen molar-refractivity contribution >= 4 is 33.4 Å². The molecule has 33 heavy (non-hydrogen) atoms. The van der Waals surface area contributed by atoms with Crippen LogP contribution >= 0.6 is 11.8 Å². The van der Waals surface area contributed by atoms with Gasteiger partial charge in [-0.2, -0.15) is 0 Å². The molecule has 7 heteroatoms. The molecule has 1 N–H and O–H groups in total. The number of amides is 1. The minimum atomic E-state index is -3.38. The Morgan fingerprint density at radius 2 is 1.45 bits per heavy atom. The molecule has 1 aliphatic rings. The van der Waals surface area contributed by atoms with E-state index in [1.807, 2.05) is 72.8 Å². The normalized spacial score (nSPS) is 15.3. The standard InChI is InChI=1S/C26H28N2O3S2/c29-26(27-24-13-11-21(12-14-24)19-32-25-9-5-2-6-10-25)23-15-17-28(18-16-23)33(30,31)20-22-7-3-1-4-8-22/h1-14,23H,15-20H2,(H,27,29). The molecule has 0 spiro atoms. The Balaban J connectivity index is 1.25. The van der Waals surface area contributed by atoms with Crippen molar-refractivity contribution in [1.29, 1.82) is 0 Å². The molecule has 3 aromatic rings. The number of nitrogens with one attached hydrogen (secondary N) is 1. The summed E-state index contributed by atoms with van der Waals surface area (Å²) < 4.78 is 27.0. The lowest BCUT2D eigenvalue weighted by Crippen LogP contribution is -2.41. The van der Waals surface area contributed by atoms with Gasteiger partial charge in [0.15, 0.2) is 0 Å². The van der Waals surface area contributed by atoms with E-state index in [1.54, 1.807) is 11.8 Å². The monoisotopic (exact) mass is 480 g/mol. The van der Waals surface area contributed by atoms with Crippen LogP contribution in [0.1, 0.15) is 24.0 Å². The van der Waals surface area contributed by atoms with Gasteiger partial charge < -0.3 is 5.32 Å². The minimum absolute atomic E-state index is 0.000387. The molecule has 0 saturated carbocycles. The Morgan fingerprint density at radius 3 is 2.09 bits per heavy atom. The summed E-state index contributed by atoms with van der Waals surface area (Å²) >= 11 is 1.78. The van der Waals surface area contributed by atoms with E-state index in [-0.39, 0.29) is 17.6 Å². The van der Waals surface area contributed by atoms with Gasteiger partial charge in [-0.1, -0.05) is 60.7 Å². The van der Waals surface area contributed by atoms with Gasteiger partial charge in [0.25, 0.3) is 0 Å². The summed E-state index contributed by atoms with van der Waals surface area (Å²) in [6, 6.07) is 27.4. The smallest absolute Gasteiger partial charge is 0.227 e. The van der Waals surface area contributed by atoms with Crippen LogP contribution in [0.4, 0.5) is 5.69 Å². The van der Waals surface area contributed by atoms with Crippen molar-refractivity contribution in [1.82, 2.24) is 4.31 Å². The fourth-order valence-corrected chi connectivity index (χ4v) is 6.32. The van der Waals surface area contributed by atoms with E-state index in [0.29, 0.717) is 25.9 Å². The minimum Gasteiger partial charge on any atom is -0.326 e. The van der Waals surface area contributed by atoms with E-state index >= 15 is 0 Å². The highest BCUT2D eigenvalue weighted by Gasteiger charge is 2.31. The molecule has 5 nitrogen and oxygen atoms in total. The van der Waals surface area contributed by atoms with E-state index in [4.69, 9.17) is 0 Å². The fourth-order valence-electron chi connectivity index (χ4n) is 3.88. The van der Waals surface area contributed by atoms with Crippen molar-refractivity contribution in [2.24, 2.45) is 5.92 Å². The molecule has 0 radical (unpaired) electrons. The van der Waals surface area contributed by atoms with E-state index in [0.717, 1.165) is 17.0 Å². The number of carbonyl (C=O) groups excluding carboxylic acids is 1. The maximum Gasteiger partial charge on any atom is 0.227 e. The molecule has 1 aliphatic heterocycles. The molecular formula is C26H28N2O3S2. The Kier molecular flexibility index (Phi) is 7.85. The lowest BCUT2D eigenvalue weighted by atomic mass is 9.97. The van der Waals surface area contributed by atoms with Crippen LogP contribution in [-0.2, 0) is 26.3 Å². The number of rotatable bonds is 8. The number of nitrogens with zero attached hydrogens (tertiary/aromatic N) is 1. The van der Waals surface area contributed by atoms with Crippen LogP contribution in [0.25, 0.3) is 0 Å². The van der Waals surface area contributed by atoms with Crippen molar-refractivity contribution in [2.45, 2.75) is 29.2 Å². The summed E-state index contributed by atoms with van der Waals surface area (Å²) in [7, 11) is -3.38. The highest BCUT2D eigenvalue weighted by atomic mass is 32.2. The molecule has 0 aromatic heterocycles. The van der Waals surface area contributed by atoms with Crippen LogP contribution in [-0.4, -0.2) is 31.7 Å². The van der Waals surface area contributed by atoms with Gasteiger partial charge in [-0.05, 0) is 48.2 Å². The van der Waals surface area contributed by atoms with Crippen LogP contribution in [0, 0.1) is 5.92 Å². The van der Waals surface area contributed by atoms with Crippen LogP contribution in [0.5, 0.6) is 0 Å². The molecule has 1 amide bonds. The second-order valence-electron chi connectivity index (χ2n) is 8.20. The first-order valence-corrected chi connectivity index (χ1v) is 13.7. The summed E-state index contributed by atoms with van der Waals surface area (Å²) in [6.07, 6.45) is 1.07. The van der Waals surface area contributed by atoms with Crippen molar-refractivity contribution in [2.75, 3.05) is 18.4 Å². The molecular weight excluding hydrogens is 452 g/mol. The van der Waals surface area contributed by atoms with Crippen LogP contribution in [0.2, 0.25) is 0 Å². The van der Waals surface area contributed by atoms with Crippen molar-refractivity contribution < 1.29 is 13.2 Å². The largest absolute Gasteiger partial charge is 0.326 e. The number of piperidine rings is 1. The lowest BCUT2D eigenvalue weighted by molar-refractivity contribution is -0.120. The number of hydrogen-bond acceptors (Lipinski definition) is 4. The molecule has 3 aromatic carbocycles. The molecule has 1 saturated heterocycles. The van der Waals surface area contributed by atoms with Gasteiger partial charge in [-0.15, -0.1) is 11.8 Å². The Morgan fingerprint density at radius 1 is 0.848 bits per heavy atom. The first-order chi connectivity index (χ1) is 16.0. The second kappa shape index (κ2) is 11.0. The lowest BCUT2D eigenvalue weighted by Gasteiger charge is -2.30. The highest BCUT2D eigenvalue weighted by molar-refractivity contribution is 7.98. The summed E-state index contributed by atoms with van der Waals surface area (Å²) in [6.45, 7) is 0.756. The SMILES string of the molecule is O=C(Nc1ccc(CSc2ccccc2)cc1)C1CCN(S(=O)(=O)Cc2ccccc2)CC1. The summed E-state index contributed by atoms with van der Waals surface area (Å²) in [5.74, 6) is 0.649. The van der Waals surface area contributed by atoms with Gasteiger partial charge in [0.1, 0.15) is 0 Å². The number of anilines is 1. The zero-order valence-corrected chi connectivity index (χ0v) is 20.0. The average Bonchev–Trinajstić information content (AvgIpc) is 2.85. The zero-order valence-electron chi connectivity index (χ0n) is 18.4. The van der Waals surface area contributed by atoms with Crippen molar-refractivity contribution in [3.8, 4) is 0 Å². The summed E-state index contributed by atoms with van der Waals surface area (Å²) in [4.78, 5) is 14.0. The molecule has 1 fully saturated rings. The highest BCUT2D eigenvalue weighted by Crippen LogP contribution is 2.25. The van der Waals surface area contributed by atoms with Gasteiger partial charge >= 0.3 is 0 Å². The maximum atomic E-state index is 12.7. The van der Waals surface area contributed by atoms with Crippen molar-refractivity contribution in [3.63, 3.8) is 0 Å². The predicted molar refractivity (Wildman–Crippen MR) is 134 cm³/mol. The van der Waals surface area contributed by atoms with Gasteiger partial charge in [0, 0.05) is 35.3 Å². The molecule has 172 valence electrons. The topological polar surface area (TPSA) is 66.5 Å². The number of sulfonamides is 1. The molecule has 1 heterocycles. The molecule has 0 atom stereocenters. The van der Waals surface area contributed by atoms with Crippen LogP contribution in [0.15, 0.2) is 89.8 Å². The number of thioether (sulfide) groups is 1. The number of carbonyl (C=O) groups is 1. The molecule has 0 unspecified atom stereocenters. The summed E-state index contributed by atoms with van der Waals surface area (Å²) in [5.41, 5.74) is 2.74. The number of hydrogen-bond donors (Lipinski definition) is 1. The zero-order chi connectivity index (χ0) is 23.1. The first kappa shape index (κ1) is 23.5. The Hall–Kier alpha value is -2.61. The first-order valence-electron chi connectivity index (χ1n) is 11.1. The summed E-state index contributed by atoms with van der Waals surface area (Å²) in [5, 5.41) is 2.99. The molecule has 0 aliphatic carbocycles. The molecule has 0 bridgehead atoms.